The first-order valence-corrected chi connectivity index (χ1v) is 8.66. The van der Waals surface area contributed by atoms with E-state index in [0.717, 1.165) is 11.1 Å². The maximum Gasteiger partial charge on any atom is 0.241 e. The zero-order chi connectivity index (χ0) is 17.9. The zero-order valence-electron chi connectivity index (χ0n) is 13.9. The van der Waals surface area contributed by atoms with Gasteiger partial charge in [0.1, 0.15) is 5.60 Å². The van der Waals surface area contributed by atoms with Crippen LogP contribution >= 0.6 is 0 Å². The van der Waals surface area contributed by atoms with E-state index in [0.29, 0.717) is 5.69 Å². The Morgan fingerprint density at radius 2 is 1.73 bits per heavy atom. The van der Waals surface area contributed by atoms with E-state index in [4.69, 9.17) is 4.74 Å². The molecule has 5 rings (SSSR count). The van der Waals surface area contributed by atoms with Gasteiger partial charge in [0.05, 0.1) is 30.2 Å². The summed E-state index contributed by atoms with van der Waals surface area (Å²) in [5.74, 6) is -1.79. The fourth-order valence-electron chi connectivity index (χ4n) is 4.45. The van der Waals surface area contributed by atoms with Gasteiger partial charge in [0.25, 0.3) is 0 Å². The second kappa shape index (κ2) is 5.37. The number of ether oxygens (including phenoxy) is 1. The third-order valence-corrected chi connectivity index (χ3v) is 5.63. The van der Waals surface area contributed by atoms with Gasteiger partial charge in [-0.15, -0.1) is 0 Å². The standard InChI is InChI=1S/C21H17NO4/c23-12-21-11-10-16(26-21)17-18(21)20(25)22(19(17)24)15-9-5-4-8-14(15)13-6-2-1-3-7-13/h1-11,16-18,23H,12H2/t16-,17-,18+,21-/m1/s1. The van der Waals surface area contributed by atoms with Gasteiger partial charge >= 0.3 is 0 Å². The van der Waals surface area contributed by atoms with Gasteiger partial charge in [0.15, 0.2) is 0 Å². The number of carbonyl (C=O) groups excluding carboxylic acids is 2. The molecule has 2 aromatic carbocycles. The fourth-order valence-corrected chi connectivity index (χ4v) is 4.45. The molecule has 2 aromatic rings. The summed E-state index contributed by atoms with van der Waals surface area (Å²) < 4.78 is 5.79. The number of imide groups is 1. The largest absolute Gasteiger partial charge is 0.393 e. The summed E-state index contributed by atoms with van der Waals surface area (Å²) in [6, 6.07) is 17.1. The number of rotatable bonds is 3. The molecule has 2 amide bonds. The predicted molar refractivity (Wildman–Crippen MR) is 95.2 cm³/mol. The fraction of sp³-hybridized carbons (Fsp3) is 0.238. The lowest BCUT2D eigenvalue weighted by molar-refractivity contribution is -0.128. The Labute approximate surface area is 150 Å². The van der Waals surface area contributed by atoms with Crippen LogP contribution in [0.3, 0.4) is 0 Å². The monoisotopic (exact) mass is 347 g/mol. The van der Waals surface area contributed by atoms with Gasteiger partial charge < -0.3 is 9.84 Å². The lowest BCUT2D eigenvalue weighted by Crippen LogP contribution is -2.43. The second-order valence-corrected chi connectivity index (χ2v) is 6.95. The summed E-state index contributed by atoms with van der Waals surface area (Å²) in [6.07, 6.45) is 3.07. The molecule has 2 fully saturated rings. The molecule has 0 saturated carbocycles. The van der Waals surface area contributed by atoms with E-state index in [2.05, 4.69) is 0 Å². The molecular weight excluding hydrogens is 330 g/mol. The molecule has 3 heterocycles. The van der Waals surface area contributed by atoms with Crippen LogP contribution in [0.2, 0.25) is 0 Å². The lowest BCUT2D eigenvalue weighted by atomic mass is 9.77. The van der Waals surface area contributed by atoms with Crippen molar-refractivity contribution in [2.75, 3.05) is 11.5 Å². The molecule has 26 heavy (non-hydrogen) atoms. The van der Waals surface area contributed by atoms with Gasteiger partial charge in [-0.25, -0.2) is 4.90 Å². The number of aliphatic hydroxyl groups is 1. The van der Waals surface area contributed by atoms with Crippen molar-refractivity contribution in [3.8, 4) is 11.1 Å². The highest BCUT2D eigenvalue weighted by Gasteiger charge is 2.67. The summed E-state index contributed by atoms with van der Waals surface area (Å²) >= 11 is 0. The summed E-state index contributed by atoms with van der Waals surface area (Å²) in [5.41, 5.74) is 1.28. The molecular formula is C21H17NO4. The zero-order valence-corrected chi connectivity index (χ0v) is 13.9. The topological polar surface area (TPSA) is 66.8 Å². The number of para-hydroxylation sites is 1. The van der Waals surface area contributed by atoms with Gasteiger partial charge in [-0.1, -0.05) is 60.7 Å². The number of amides is 2. The van der Waals surface area contributed by atoms with Crippen LogP contribution in [0.1, 0.15) is 0 Å². The molecule has 0 spiro atoms. The molecule has 5 heteroatoms. The first kappa shape index (κ1) is 15.5. The maximum absolute atomic E-state index is 13.2. The smallest absolute Gasteiger partial charge is 0.241 e. The highest BCUT2D eigenvalue weighted by atomic mass is 16.5. The van der Waals surface area contributed by atoms with Crippen molar-refractivity contribution in [3.05, 3.63) is 66.7 Å². The molecule has 0 aliphatic carbocycles. The highest BCUT2D eigenvalue weighted by Crippen LogP contribution is 2.52. The van der Waals surface area contributed by atoms with Crippen molar-refractivity contribution in [2.24, 2.45) is 11.8 Å². The van der Waals surface area contributed by atoms with E-state index in [1.165, 1.54) is 4.90 Å². The first-order chi connectivity index (χ1) is 12.7. The quantitative estimate of drug-likeness (QED) is 0.682. The van der Waals surface area contributed by atoms with E-state index < -0.39 is 23.5 Å². The summed E-state index contributed by atoms with van der Waals surface area (Å²) in [5, 5.41) is 9.83. The molecule has 0 unspecified atom stereocenters. The average Bonchev–Trinajstić information content (AvgIpc) is 3.33. The molecule has 0 radical (unpaired) electrons. The number of fused-ring (bicyclic) bond motifs is 5. The molecule has 3 aliphatic heterocycles. The first-order valence-electron chi connectivity index (χ1n) is 8.66. The van der Waals surface area contributed by atoms with E-state index >= 15 is 0 Å². The van der Waals surface area contributed by atoms with Crippen LogP contribution in [0.5, 0.6) is 0 Å². The Bertz CT molecular complexity index is 938. The minimum atomic E-state index is -1.07. The van der Waals surface area contributed by atoms with Crippen LogP contribution in [-0.4, -0.2) is 35.2 Å². The Morgan fingerprint density at radius 3 is 2.50 bits per heavy atom. The number of carbonyl (C=O) groups is 2. The molecule has 1 N–H and O–H groups in total. The van der Waals surface area contributed by atoms with Gasteiger partial charge in [-0.05, 0) is 11.6 Å². The SMILES string of the molecule is O=C1[C@H]2[C@@H](C(=O)N1c1ccccc1-c1ccccc1)[C@]1(CO)C=C[C@H]2O1. The van der Waals surface area contributed by atoms with Crippen molar-refractivity contribution in [1.29, 1.82) is 0 Å². The number of aliphatic hydroxyl groups excluding tert-OH is 1. The second-order valence-electron chi connectivity index (χ2n) is 6.95. The van der Waals surface area contributed by atoms with Gasteiger partial charge in [-0.3, -0.25) is 9.59 Å². The minimum Gasteiger partial charge on any atom is -0.393 e. The summed E-state index contributed by atoms with van der Waals surface area (Å²) in [6.45, 7) is -0.311. The highest BCUT2D eigenvalue weighted by molar-refractivity contribution is 6.24. The van der Waals surface area contributed by atoms with Crippen molar-refractivity contribution < 1.29 is 19.4 Å². The molecule has 2 saturated heterocycles. The number of anilines is 1. The molecule has 4 atom stereocenters. The van der Waals surface area contributed by atoms with Gasteiger partial charge in [0.2, 0.25) is 11.8 Å². The Kier molecular flexibility index (Phi) is 3.20. The molecule has 2 bridgehead atoms. The van der Waals surface area contributed by atoms with Crippen LogP contribution in [-0.2, 0) is 14.3 Å². The number of nitrogens with zero attached hydrogens (tertiary/aromatic N) is 1. The van der Waals surface area contributed by atoms with Crippen molar-refractivity contribution in [1.82, 2.24) is 0 Å². The van der Waals surface area contributed by atoms with Crippen LogP contribution in [0.4, 0.5) is 5.69 Å². The summed E-state index contributed by atoms with van der Waals surface area (Å²) in [4.78, 5) is 27.6. The van der Waals surface area contributed by atoms with Gasteiger partial charge in [0, 0.05) is 5.56 Å². The number of hydrogen-bond donors (Lipinski definition) is 1. The van der Waals surface area contributed by atoms with Crippen LogP contribution in [0, 0.1) is 11.8 Å². The third kappa shape index (κ3) is 1.87. The van der Waals surface area contributed by atoms with Crippen LogP contribution < -0.4 is 4.90 Å². The van der Waals surface area contributed by atoms with E-state index in [1.807, 2.05) is 48.5 Å². The predicted octanol–water partition coefficient (Wildman–Crippen LogP) is 2.16. The van der Waals surface area contributed by atoms with Crippen LogP contribution in [0.15, 0.2) is 66.7 Å². The van der Waals surface area contributed by atoms with Crippen LogP contribution in [0.25, 0.3) is 11.1 Å². The Balaban J connectivity index is 1.62. The van der Waals surface area contributed by atoms with E-state index in [-0.39, 0.29) is 18.4 Å². The number of hydrogen-bond acceptors (Lipinski definition) is 4. The molecule has 130 valence electrons. The van der Waals surface area contributed by atoms with Crippen molar-refractivity contribution in [2.45, 2.75) is 11.7 Å². The third-order valence-electron chi connectivity index (χ3n) is 5.63. The number of benzene rings is 2. The minimum absolute atomic E-state index is 0.256. The van der Waals surface area contributed by atoms with Gasteiger partial charge in [-0.2, -0.15) is 0 Å². The molecule has 5 nitrogen and oxygen atoms in total. The average molecular weight is 347 g/mol. The lowest BCUT2D eigenvalue weighted by Gasteiger charge is -2.27. The van der Waals surface area contributed by atoms with Crippen molar-refractivity contribution >= 4 is 17.5 Å². The maximum atomic E-state index is 13.2. The normalized spacial score (nSPS) is 31.7. The molecule has 3 aliphatic rings. The van der Waals surface area contributed by atoms with Crippen molar-refractivity contribution in [3.63, 3.8) is 0 Å². The Hall–Kier alpha value is -2.76. The Morgan fingerprint density at radius 1 is 1.00 bits per heavy atom. The molecule has 0 aromatic heterocycles. The van der Waals surface area contributed by atoms with E-state index in [9.17, 15) is 14.7 Å². The van der Waals surface area contributed by atoms with E-state index in [1.54, 1.807) is 18.2 Å². The summed E-state index contributed by atoms with van der Waals surface area (Å²) in [7, 11) is 0.